The summed E-state index contributed by atoms with van der Waals surface area (Å²) >= 11 is 1.65. The van der Waals surface area contributed by atoms with Crippen LogP contribution < -0.4 is 0 Å². The molecule has 3 rings (SSSR count). The minimum atomic E-state index is 0. The van der Waals surface area contributed by atoms with Crippen LogP contribution in [0.5, 0.6) is 0 Å². The first kappa shape index (κ1) is 31.8. The third-order valence-electron chi connectivity index (χ3n) is 1.87. The molecule has 124 valence electrons. The number of hydrogen-bond acceptors (Lipinski definition) is 1. The van der Waals surface area contributed by atoms with Crippen molar-refractivity contribution in [3.05, 3.63) is 113 Å². The van der Waals surface area contributed by atoms with Crippen molar-refractivity contribution in [2.75, 3.05) is 0 Å². The fourth-order valence-corrected chi connectivity index (χ4v) is 1.67. The van der Waals surface area contributed by atoms with Crippen LogP contribution in [-0.4, -0.2) is 0 Å². The van der Waals surface area contributed by atoms with Crippen LogP contribution in [0.25, 0.3) is 0 Å². The summed E-state index contributed by atoms with van der Waals surface area (Å²) < 4.78 is 22.5. The molecular formula is C20H15O3SW+. The summed E-state index contributed by atoms with van der Waals surface area (Å²) in [5, 5.41) is 4.00. The Balaban J connectivity index is -0.000000116. The van der Waals surface area contributed by atoms with Crippen molar-refractivity contribution in [3.63, 3.8) is 0 Å². The summed E-state index contributed by atoms with van der Waals surface area (Å²) in [6, 6.07) is 1.98. The van der Waals surface area contributed by atoms with E-state index in [1.807, 2.05) is 81.0 Å². The van der Waals surface area contributed by atoms with Crippen LogP contribution >= 0.6 is 11.3 Å². The van der Waals surface area contributed by atoms with Crippen molar-refractivity contribution in [1.29, 1.82) is 0 Å². The van der Waals surface area contributed by atoms with Gasteiger partial charge in [-0.1, -0.05) is 11.6 Å². The first-order valence-corrected chi connectivity index (χ1v) is 7.12. The van der Waals surface area contributed by atoms with E-state index >= 15 is 0 Å². The minimum absolute atomic E-state index is 0. The molecule has 1 heterocycles. The van der Waals surface area contributed by atoms with Gasteiger partial charge in [-0.05, 0) is 75.0 Å². The molecule has 0 spiro atoms. The number of hydrogen-bond donors (Lipinski definition) is 0. The molecule has 0 saturated heterocycles. The second-order valence-electron chi connectivity index (χ2n) is 3.24. The molecule has 10 radical (unpaired) electrons. The average molecular weight is 519 g/mol. The van der Waals surface area contributed by atoms with E-state index in [4.69, 9.17) is 14.0 Å². The van der Waals surface area contributed by atoms with Crippen molar-refractivity contribution in [3.8, 4) is 11.8 Å². The van der Waals surface area contributed by atoms with Gasteiger partial charge in [-0.3, -0.25) is 11.8 Å². The molecule has 2 aliphatic rings. The second kappa shape index (κ2) is 34.4. The van der Waals surface area contributed by atoms with E-state index in [0.29, 0.717) is 0 Å². The minimum Gasteiger partial charge on any atom is -0.295 e. The summed E-state index contributed by atoms with van der Waals surface area (Å²) in [5.41, 5.74) is 1.06. The second-order valence-corrected chi connectivity index (χ2v) is 4.02. The van der Waals surface area contributed by atoms with Crippen molar-refractivity contribution in [1.82, 2.24) is 0 Å². The molecule has 25 heavy (non-hydrogen) atoms. The van der Waals surface area contributed by atoms with Gasteiger partial charge in [0.15, 0.2) is 0 Å². The summed E-state index contributed by atoms with van der Waals surface area (Å²) in [5.74, 6) is 5.41. The summed E-state index contributed by atoms with van der Waals surface area (Å²) in [6.45, 7) is 16.9. The van der Waals surface area contributed by atoms with E-state index in [1.165, 1.54) is 0 Å². The first-order valence-electron chi connectivity index (χ1n) is 6.18. The van der Waals surface area contributed by atoms with Crippen LogP contribution in [0, 0.1) is 103 Å². The Morgan fingerprint density at radius 3 is 1.24 bits per heavy atom. The molecule has 2 fully saturated rings. The zero-order valence-corrected chi connectivity index (χ0v) is 17.0. The number of thiophene rings is 1. The molecule has 0 N–H and O–H groups in total. The summed E-state index contributed by atoms with van der Waals surface area (Å²) in [6.07, 6.45) is 20.0. The van der Waals surface area contributed by atoms with Gasteiger partial charge in [0.25, 0.3) is 0 Å². The Morgan fingerprint density at radius 1 is 0.720 bits per heavy atom. The quantitative estimate of drug-likeness (QED) is 0.284. The van der Waals surface area contributed by atoms with Gasteiger partial charge >= 0.3 is 55.0 Å². The maximum absolute atomic E-state index is 7.50. The average Bonchev–Trinajstić information content (AvgIpc) is 3.46. The molecule has 0 unspecified atom stereocenters. The molecular weight excluding hydrogens is 504 g/mol. The number of rotatable bonds is 0. The Hall–Kier alpha value is -0.962. The van der Waals surface area contributed by atoms with Crippen LogP contribution in [0.15, 0.2) is 16.8 Å². The normalized spacial score (nSPS) is 12.2. The van der Waals surface area contributed by atoms with E-state index in [1.54, 1.807) is 11.3 Å². The fraction of sp³-hybridized carbons (Fsp3) is 0. The topological polar surface area (TPSA) is 59.7 Å². The van der Waals surface area contributed by atoms with Crippen LogP contribution in [0.3, 0.4) is 0 Å². The van der Waals surface area contributed by atoms with Gasteiger partial charge in [-0.15, -0.1) is 0 Å². The standard InChI is InChI=1S/C7H5S.2C5H5.3CO.W/c1-2-3-7-4-5-8-6-7;2*1-2-4-5-3-1;3*1-2;/h4-6H,1H2;2*1-5H;;;;/q-1;;;;;;+2. The fourth-order valence-electron chi connectivity index (χ4n) is 1.08. The molecule has 1 aromatic heterocycles. The molecule has 2 aliphatic carbocycles. The molecule has 0 bridgehead atoms. The van der Waals surface area contributed by atoms with Gasteiger partial charge in [0.1, 0.15) is 0 Å². The van der Waals surface area contributed by atoms with E-state index in [-0.39, 0.29) is 21.1 Å². The molecule has 2 saturated carbocycles. The monoisotopic (exact) mass is 519 g/mol. The third kappa shape index (κ3) is 28.1. The van der Waals surface area contributed by atoms with Crippen LogP contribution in [0.2, 0.25) is 0 Å². The van der Waals surface area contributed by atoms with Crippen molar-refractivity contribution >= 4 is 11.3 Å². The van der Waals surface area contributed by atoms with Crippen molar-refractivity contribution in [2.45, 2.75) is 0 Å². The Kier molecular flexibility index (Phi) is 43.7. The SMILES string of the molecule is [C-]#[O+].[C-]#[O+].[C-]#[O+].[CH2-]C#Cc1ccsc1.[CH]1[CH][CH][CH][CH]1.[CH]1[CH][CH][CH][CH]1.[W+2]. The summed E-state index contributed by atoms with van der Waals surface area (Å²) in [4.78, 5) is 0. The van der Waals surface area contributed by atoms with Gasteiger partial charge < -0.3 is 0 Å². The largest absolute Gasteiger partial charge is 2.00 e. The predicted octanol–water partition coefficient (Wildman–Crippen LogP) is 3.86. The van der Waals surface area contributed by atoms with Gasteiger partial charge in [-0.2, -0.15) is 18.3 Å². The Morgan fingerprint density at radius 2 is 1.04 bits per heavy atom. The van der Waals surface area contributed by atoms with Gasteiger partial charge in [0, 0.05) is 0 Å². The maximum Gasteiger partial charge on any atom is 2.00 e. The smallest absolute Gasteiger partial charge is 0.295 e. The molecule has 1 aromatic rings. The zero-order chi connectivity index (χ0) is 18.9. The maximum atomic E-state index is 7.50. The molecule has 0 aliphatic heterocycles. The van der Waals surface area contributed by atoms with E-state index < -0.39 is 0 Å². The van der Waals surface area contributed by atoms with E-state index in [0.717, 1.165) is 5.56 Å². The molecule has 3 nitrogen and oxygen atoms in total. The Bertz CT molecular complexity index is 405. The molecule has 0 amide bonds. The third-order valence-corrected chi connectivity index (χ3v) is 2.55. The van der Waals surface area contributed by atoms with Gasteiger partial charge in [-0.25, -0.2) is 0 Å². The predicted molar refractivity (Wildman–Crippen MR) is 91.3 cm³/mol. The van der Waals surface area contributed by atoms with Crippen LogP contribution in [0.4, 0.5) is 0 Å². The summed E-state index contributed by atoms with van der Waals surface area (Å²) in [7, 11) is 0. The zero-order valence-electron chi connectivity index (χ0n) is 13.3. The van der Waals surface area contributed by atoms with Gasteiger partial charge in [0.2, 0.25) is 0 Å². The first-order chi connectivity index (χ1) is 11.9. The molecule has 0 atom stereocenters. The van der Waals surface area contributed by atoms with Crippen LogP contribution in [-0.2, 0) is 35.0 Å². The Labute approximate surface area is 171 Å². The van der Waals surface area contributed by atoms with Crippen molar-refractivity contribution < 1.29 is 35.0 Å². The molecule has 5 heteroatoms. The van der Waals surface area contributed by atoms with Crippen LogP contribution in [0.1, 0.15) is 5.56 Å². The van der Waals surface area contributed by atoms with E-state index in [9.17, 15) is 0 Å². The molecule has 0 aromatic carbocycles. The van der Waals surface area contributed by atoms with Gasteiger partial charge in [0.05, 0.1) is 0 Å². The van der Waals surface area contributed by atoms with Crippen molar-refractivity contribution in [2.24, 2.45) is 0 Å². The van der Waals surface area contributed by atoms with E-state index in [2.05, 4.69) is 38.7 Å².